The molecule has 3 aliphatic rings. The first-order valence-electron chi connectivity index (χ1n) is 8.83. The van der Waals surface area contributed by atoms with E-state index in [1.54, 1.807) is 0 Å². The van der Waals surface area contributed by atoms with Crippen molar-refractivity contribution in [1.29, 1.82) is 0 Å². The average Bonchev–Trinajstić information content (AvgIpc) is 3.03. The minimum absolute atomic E-state index is 0.0303. The lowest BCUT2D eigenvalue weighted by Crippen LogP contribution is -2.23. The van der Waals surface area contributed by atoms with Gasteiger partial charge in [-0.3, -0.25) is 0 Å². The molecular formula is C20H28O4. The van der Waals surface area contributed by atoms with Crippen LogP contribution in [0.15, 0.2) is 36.0 Å². The Hall–Kier alpha value is -1.39. The lowest BCUT2D eigenvalue weighted by Gasteiger charge is -2.20. The molecule has 1 N–H and O–H groups in total. The van der Waals surface area contributed by atoms with Crippen molar-refractivity contribution in [3.63, 3.8) is 0 Å². The van der Waals surface area contributed by atoms with Crippen molar-refractivity contribution < 1.29 is 19.4 Å². The summed E-state index contributed by atoms with van der Waals surface area (Å²) in [6.07, 6.45) is 9.72. The first-order chi connectivity index (χ1) is 11.2. The summed E-state index contributed by atoms with van der Waals surface area (Å²) < 4.78 is 11.5. The first-order valence-corrected chi connectivity index (χ1v) is 8.83. The number of rotatable bonds is 0. The highest BCUT2D eigenvalue weighted by molar-refractivity contribution is 5.90. The van der Waals surface area contributed by atoms with Crippen LogP contribution in [0.5, 0.6) is 0 Å². The third kappa shape index (κ3) is 3.65. The average molecular weight is 332 g/mol. The first kappa shape index (κ1) is 17.4. The fourth-order valence-corrected chi connectivity index (χ4v) is 3.79. The summed E-state index contributed by atoms with van der Waals surface area (Å²) in [5.41, 5.74) is 0.746. The molecule has 0 unspecified atom stereocenters. The molecule has 132 valence electrons. The van der Waals surface area contributed by atoms with Crippen LogP contribution in [0.3, 0.4) is 0 Å². The van der Waals surface area contributed by atoms with Crippen LogP contribution in [0.4, 0.5) is 0 Å². The number of esters is 1. The molecule has 0 spiro atoms. The number of aliphatic hydroxyl groups is 1. The van der Waals surface area contributed by atoms with Gasteiger partial charge in [-0.25, -0.2) is 4.79 Å². The zero-order chi connectivity index (χ0) is 17.5. The van der Waals surface area contributed by atoms with Crippen molar-refractivity contribution in [2.45, 2.75) is 76.3 Å². The number of hydrogen-bond acceptors (Lipinski definition) is 4. The molecule has 3 rings (SSSR count). The normalized spacial score (nSPS) is 46.8. The summed E-state index contributed by atoms with van der Waals surface area (Å²) in [7, 11) is 0. The van der Waals surface area contributed by atoms with E-state index in [0.29, 0.717) is 12.0 Å². The number of hydrogen-bond donors (Lipinski definition) is 1. The Balaban J connectivity index is 1.81. The summed E-state index contributed by atoms with van der Waals surface area (Å²) in [4.78, 5) is 11.9. The Morgan fingerprint density at radius 3 is 2.88 bits per heavy atom. The third-order valence-corrected chi connectivity index (χ3v) is 5.59. The smallest absolute Gasteiger partial charge is 0.334 e. The maximum absolute atomic E-state index is 11.9. The molecule has 0 bridgehead atoms. The topological polar surface area (TPSA) is 59.1 Å². The van der Waals surface area contributed by atoms with Crippen molar-refractivity contribution in [1.82, 2.24) is 0 Å². The van der Waals surface area contributed by atoms with Gasteiger partial charge in [-0.1, -0.05) is 30.4 Å². The lowest BCUT2D eigenvalue weighted by molar-refractivity contribution is -0.139. The van der Waals surface area contributed by atoms with Crippen LogP contribution < -0.4 is 0 Å². The van der Waals surface area contributed by atoms with Gasteiger partial charge in [0.15, 0.2) is 0 Å². The quantitative estimate of drug-likeness (QED) is 0.319. The molecular weight excluding hydrogens is 304 g/mol. The summed E-state index contributed by atoms with van der Waals surface area (Å²) >= 11 is 0. The number of allylic oxidation sites excluding steroid dienone is 1. The lowest BCUT2D eigenvalue weighted by atomic mass is 9.85. The molecule has 1 aliphatic carbocycles. The van der Waals surface area contributed by atoms with Gasteiger partial charge < -0.3 is 14.6 Å². The molecule has 0 saturated carbocycles. The second-order valence-corrected chi connectivity index (χ2v) is 7.99. The molecule has 0 aromatic heterocycles. The van der Waals surface area contributed by atoms with E-state index in [9.17, 15) is 9.90 Å². The molecule has 0 radical (unpaired) electrons. The summed E-state index contributed by atoms with van der Waals surface area (Å²) in [5.74, 6) is -0.241. The van der Waals surface area contributed by atoms with E-state index in [1.807, 2.05) is 19.1 Å². The highest BCUT2D eigenvalue weighted by Crippen LogP contribution is 2.47. The van der Waals surface area contributed by atoms with Crippen LogP contribution in [0.1, 0.15) is 52.9 Å². The van der Waals surface area contributed by atoms with Gasteiger partial charge in [-0.15, -0.1) is 0 Å². The Bertz CT molecular complexity index is 601. The van der Waals surface area contributed by atoms with E-state index in [2.05, 4.69) is 26.5 Å². The van der Waals surface area contributed by atoms with E-state index in [0.717, 1.165) is 25.7 Å². The van der Waals surface area contributed by atoms with Gasteiger partial charge in [0.2, 0.25) is 0 Å². The Labute approximate surface area is 144 Å². The van der Waals surface area contributed by atoms with Crippen LogP contribution >= 0.6 is 0 Å². The van der Waals surface area contributed by atoms with Crippen molar-refractivity contribution in [3.05, 3.63) is 36.0 Å². The predicted molar refractivity (Wildman–Crippen MR) is 92.4 cm³/mol. The molecule has 4 nitrogen and oxygen atoms in total. The number of carbonyl (C=O) groups is 1. The van der Waals surface area contributed by atoms with Gasteiger partial charge in [-0.2, -0.15) is 0 Å². The zero-order valence-electron chi connectivity index (χ0n) is 14.9. The van der Waals surface area contributed by atoms with E-state index in [4.69, 9.17) is 9.47 Å². The largest absolute Gasteiger partial charge is 0.458 e. The molecule has 0 aromatic carbocycles. The highest BCUT2D eigenvalue weighted by atomic mass is 16.6. The molecule has 0 amide bonds. The molecule has 2 saturated heterocycles. The molecule has 2 heterocycles. The Kier molecular flexibility index (Phi) is 4.47. The monoisotopic (exact) mass is 332 g/mol. The number of epoxide rings is 1. The van der Waals surface area contributed by atoms with Crippen LogP contribution in [-0.4, -0.2) is 34.5 Å². The zero-order valence-corrected chi connectivity index (χ0v) is 14.9. The third-order valence-electron chi connectivity index (χ3n) is 5.59. The van der Waals surface area contributed by atoms with E-state index >= 15 is 0 Å². The molecule has 0 aromatic rings. The second kappa shape index (κ2) is 6.16. The number of carbonyl (C=O) groups excluding carboxylic acids is 1. The SMILES string of the molecule is C=C1C(=O)O[C@H]2C/C(C)=C/CC[C@@](C)(O)/C=C/C[C@@]3(C)O[C@@H]3C[C@@H]12. The van der Waals surface area contributed by atoms with Gasteiger partial charge in [0.05, 0.1) is 17.3 Å². The van der Waals surface area contributed by atoms with Crippen molar-refractivity contribution >= 4 is 5.97 Å². The number of fused-ring (bicyclic) bond motifs is 2. The van der Waals surface area contributed by atoms with Crippen LogP contribution in [0.25, 0.3) is 0 Å². The van der Waals surface area contributed by atoms with E-state index in [1.165, 1.54) is 5.57 Å². The van der Waals surface area contributed by atoms with Gasteiger partial charge in [-0.05, 0) is 46.5 Å². The van der Waals surface area contributed by atoms with Crippen molar-refractivity contribution in [3.8, 4) is 0 Å². The van der Waals surface area contributed by atoms with Crippen LogP contribution in [-0.2, 0) is 14.3 Å². The Morgan fingerprint density at radius 2 is 2.12 bits per heavy atom. The summed E-state index contributed by atoms with van der Waals surface area (Å²) in [6, 6.07) is 0. The van der Waals surface area contributed by atoms with Gasteiger partial charge >= 0.3 is 5.97 Å². The summed E-state index contributed by atoms with van der Waals surface area (Å²) in [6.45, 7) is 9.92. The standard InChI is InChI=1S/C20H28O4/c1-13-7-5-8-19(3,22)9-6-10-20(4)17(24-20)12-15-14(2)18(21)23-16(15)11-13/h6-7,9,15-17,22H,2,5,8,10-12H2,1,3-4H3/b9-6+,13-7+/t15-,16-,17+,19+,20+/m0/s1. The van der Waals surface area contributed by atoms with Gasteiger partial charge in [0.25, 0.3) is 0 Å². The van der Waals surface area contributed by atoms with E-state index < -0.39 is 5.60 Å². The fraction of sp³-hybridized carbons (Fsp3) is 0.650. The predicted octanol–water partition coefficient (Wildman–Crippen LogP) is 3.46. The highest BCUT2D eigenvalue weighted by Gasteiger charge is 2.54. The minimum atomic E-state index is -0.807. The fourth-order valence-electron chi connectivity index (χ4n) is 3.79. The maximum atomic E-state index is 11.9. The van der Waals surface area contributed by atoms with Crippen molar-refractivity contribution in [2.75, 3.05) is 0 Å². The van der Waals surface area contributed by atoms with Crippen LogP contribution in [0, 0.1) is 5.92 Å². The molecule has 2 fully saturated rings. The number of ether oxygens (including phenoxy) is 2. The molecule has 5 atom stereocenters. The van der Waals surface area contributed by atoms with Crippen molar-refractivity contribution in [2.24, 2.45) is 5.92 Å². The van der Waals surface area contributed by atoms with E-state index in [-0.39, 0.29) is 29.7 Å². The van der Waals surface area contributed by atoms with Gasteiger partial charge in [0, 0.05) is 17.9 Å². The second-order valence-electron chi connectivity index (χ2n) is 7.99. The maximum Gasteiger partial charge on any atom is 0.334 e. The molecule has 4 heteroatoms. The minimum Gasteiger partial charge on any atom is -0.458 e. The van der Waals surface area contributed by atoms with Crippen LogP contribution in [0.2, 0.25) is 0 Å². The molecule has 2 aliphatic heterocycles. The van der Waals surface area contributed by atoms with Gasteiger partial charge in [0.1, 0.15) is 6.10 Å². The summed E-state index contributed by atoms with van der Waals surface area (Å²) in [5, 5.41) is 10.4. The molecule has 24 heavy (non-hydrogen) atoms. The Morgan fingerprint density at radius 1 is 1.38 bits per heavy atom.